The van der Waals surface area contributed by atoms with E-state index in [0.717, 1.165) is 24.2 Å². The molecule has 31 heavy (non-hydrogen) atoms. The van der Waals surface area contributed by atoms with Crippen LogP contribution in [0.25, 0.3) is 0 Å². The number of hydrogen-bond donors (Lipinski definition) is 0. The fourth-order valence-electron chi connectivity index (χ4n) is 5.11. The van der Waals surface area contributed by atoms with Gasteiger partial charge >= 0.3 is 0 Å². The van der Waals surface area contributed by atoms with Crippen LogP contribution in [-0.4, -0.2) is 45.5 Å². The molecule has 5 rings (SSSR count). The van der Waals surface area contributed by atoms with Crippen molar-refractivity contribution in [3.05, 3.63) is 83.3 Å². The Kier molecular flexibility index (Phi) is 5.28. The SMILES string of the molecule is Cc1noc(CN2C[C@H]3CN(C(=O)Cc4ccccc4)[C@H](c4cccc(F)c4)[C@H]3C2)n1. The Morgan fingerprint density at radius 3 is 2.71 bits per heavy atom. The first kappa shape index (κ1) is 19.9. The summed E-state index contributed by atoms with van der Waals surface area (Å²) in [6.07, 6.45) is 0.358. The lowest BCUT2D eigenvalue weighted by molar-refractivity contribution is -0.132. The molecular formula is C24H25FN4O2. The summed E-state index contributed by atoms with van der Waals surface area (Å²) < 4.78 is 19.3. The van der Waals surface area contributed by atoms with Gasteiger partial charge in [0, 0.05) is 25.6 Å². The molecule has 0 unspecified atom stereocenters. The molecule has 3 atom stereocenters. The van der Waals surface area contributed by atoms with Gasteiger partial charge in [0.1, 0.15) is 5.82 Å². The third-order valence-corrected chi connectivity index (χ3v) is 6.38. The standard InChI is InChI=1S/C24H25FN4O2/c1-16-26-22(31-27-16)15-28-12-19-13-29(23(30)10-17-6-3-2-4-7-17)24(21(19)14-28)18-8-5-9-20(25)11-18/h2-9,11,19,21,24H,10,12-15H2,1H3/t19-,21-,24+/m0/s1. The number of fused-ring (bicyclic) bond motifs is 1. The zero-order valence-electron chi connectivity index (χ0n) is 17.4. The lowest BCUT2D eigenvalue weighted by Gasteiger charge is -2.30. The number of carbonyl (C=O) groups excluding carboxylic acids is 1. The van der Waals surface area contributed by atoms with Crippen LogP contribution in [0, 0.1) is 24.6 Å². The Balaban J connectivity index is 1.38. The van der Waals surface area contributed by atoms with Crippen LogP contribution in [0.1, 0.15) is 28.9 Å². The van der Waals surface area contributed by atoms with Crippen LogP contribution in [0.5, 0.6) is 0 Å². The van der Waals surface area contributed by atoms with Crippen LogP contribution in [0.3, 0.4) is 0 Å². The van der Waals surface area contributed by atoms with E-state index in [1.807, 2.05) is 48.2 Å². The van der Waals surface area contributed by atoms with Crippen LogP contribution in [0.15, 0.2) is 59.1 Å². The van der Waals surface area contributed by atoms with E-state index in [9.17, 15) is 9.18 Å². The molecule has 0 saturated carbocycles. The zero-order chi connectivity index (χ0) is 21.4. The minimum Gasteiger partial charge on any atom is -0.338 e. The van der Waals surface area contributed by atoms with E-state index < -0.39 is 0 Å². The summed E-state index contributed by atoms with van der Waals surface area (Å²) in [5.74, 6) is 1.63. The lowest BCUT2D eigenvalue weighted by Crippen LogP contribution is -2.36. The number of nitrogens with zero attached hydrogens (tertiary/aromatic N) is 4. The Hall–Kier alpha value is -3.06. The van der Waals surface area contributed by atoms with E-state index in [0.29, 0.717) is 37.1 Å². The van der Waals surface area contributed by atoms with Gasteiger partial charge in [0.15, 0.2) is 5.82 Å². The molecule has 2 aromatic carbocycles. The van der Waals surface area contributed by atoms with E-state index in [1.54, 1.807) is 12.1 Å². The molecule has 0 N–H and O–H groups in total. The highest BCUT2D eigenvalue weighted by Crippen LogP contribution is 2.45. The maximum atomic E-state index is 14.1. The summed E-state index contributed by atoms with van der Waals surface area (Å²) in [6, 6.07) is 16.3. The molecule has 0 radical (unpaired) electrons. The maximum absolute atomic E-state index is 14.1. The van der Waals surface area contributed by atoms with Crippen LogP contribution in [-0.2, 0) is 17.8 Å². The first-order valence-corrected chi connectivity index (χ1v) is 10.7. The Morgan fingerprint density at radius 1 is 1.13 bits per heavy atom. The van der Waals surface area contributed by atoms with E-state index in [1.165, 1.54) is 6.07 Å². The molecule has 6 nitrogen and oxygen atoms in total. The predicted octanol–water partition coefficient (Wildman–Crippen LogP) is 3.39. The van der Waals surface area contributed by atoms with E-state index in [4.69, 9.17) is 4.52 Å². The number of aromatic nitrogens is 2. The number of amides is 1. The minimum absolute atomic E-state index is 0.0916. The van der Waals surface area contributed by atoms with Gasteiger partial charge in [-0.2, -0.15) is 4.98 Å². The van der Waals surface area contributed by atoms with Gasteiger partial charge in [0.25, 0.3) is 0 Å². The van der Waals surface area contributed by atoms with Crippen molar-refractivity contribution >= 4 is 5.91 Å². The molecule has 0 bridgehead atoms. The van der Waals surface area contributed by atoms with E-state index in [-0.39, 0.29) is 23.7 Å². The first-order chi connectivity index (χ1) is 15.1. The summed E-state index contributed by atoms with van der Waals surface area (Å²) in [5, 5.41) is 3.87. The average Bonchev–Trinajstić information content (AvgIpc) is 3.43. The zero-order valence-corrected chi connectivity index (χ0v) is 17.4. The average molecular weight is 420 g/mol. The topological polar surface area (TPSA) is 62.5 Å². The van der Waals surface area contributed by atoms with Gasteiger partial charge in [-0.1, -0.05) is 47.6 Å². The van der Waals surface area contributed by atoms with Crippen molar-refractivity contribution in [3.63, 3.8) is 0 Å². The second kappa shape index (κ2) is 8.23. The third-order valence-electron chi connectivity index (χ3n) is 6.38. The molecule has 160 valence electrons. The second-order valence-corrected chi connectivity index (χ2v) is 8.56. The molecule has 7 heteroatoms. The number of hydrogen-bond acceptors (Lipinski definition) is 5. The fourth-order valence-corrected chi connectivity index (χ4v) is 5.11. The highest BCUT2D eigenvalue weighted by molar-refractivity contribution is 5.79. The van der Waals surface area contributed by atoms with Gasteiger partial charge in [0.2, 0.25) is 11.8 Å². The van der Waals surface area contributed by atoms with Crippen molar-refractivity contribution in [1.82, 2.24) is 19.9 Å². The van der Waals surface area contributed by atoms with Gasteiger partial charge in [-0.05, 0) is 36.1 Å². The van der Waals surface area contributed by atoms with Crippen molar-refractivity contribution in [2.45, 2.75) is 25.9 Å². The monoisotopic (exact) mass is 420 g/mol. The highest BCUT2D eigenvalue weighted by atomic mass is 19.1. The van der Waals surface area contributed by atoms with Gasteiger partial charge in [-0.3, -0.25) is 9.69 Å². The molecule has 3 aromatic rings. The lowest BCUT2D eigenvalue weighted by atomic mass is 9.89. The van der Waals surface area contributed by atoms with Crippen LogP contribution >= 0.6 is 0 Å². The predicted molar refractivity (Wildman–Crippen MR) is 112 cm³/mol. The molecule has 3 heterocycles. The largest absolute Gasteiger partial charge is 0.338 e. The number of carbonyl (C=O) groups is 1. The van der Waals surface area contributed by atoms with Crippen LogP contribution in [0.4, 0.5) is 4.39 Å². The number of likely N-dealkylation sites (tertiary alicyclic amines) is 2. The molecule has 1 amide bonds. The van der Waals surface area contributed by atoms with Crippen molar-refractivity contribution in [3.8, 4) is 0 Å². The van der Waals surface area contributed by atoms with Gasteiger partial charge in [-0.25, -0.2) is 4.39 Å². The molecule has 2 aliphatic rings. The summed E-state index contributed by atoms with van der Waals surface area (Å²) in [7, 11) is 0. The molecule has 0 aliphatic carbocycles. The van der Waals surface area contributed by atoms with Gasteiger partial charge < -0.3 is 9.42 Å². The van der Waals surface area contributed by atoms with Crippen molar-refractivity contribution < 1.29 is 13.7 Å². The van der Waals surface area contributed by atoms with Crippen LogP contribution in [0.2, 0.25) is 0 Å². The summed E-state index contributed by atoms with van der Waals surface area (Å²) in [6.45, 7) is 4.75. The van der Waals surface area contributed by atoms with Crippen molar-refractivity contribution in [2.24, 2.45) is 11.8 Å². The molecular weight excluding hydrogens is 395 g/mol. The summed E-state index contributed by atoms with van der Waals surface area (Å²) in [4.78, 5) is 21.9. The summed E-state index contributed by atoms with van der Waals surface area (Å²) >= 11 is 0. The number of rotatable bonds is 5. The van der Waals surface area contributed by atoms with E-state index >= 15 is 0 Å². The second-order valence-electron chi connectivity index (χ2n) is 8.56. The fraction of sp³-hybridized carbons (Fsp3) is 0.375. The van der Waals surface area contributed by atoms with Crippen LogP contribution < -0.4 is 0 Å². The summed E-state index contributed by atoms with van der Waals surface area (Å²) in [5.41, 5.74) is 1.86. The smallest absolute Gasteiger partial charge is 0.240 e. The first-order valence-electron chi connectivity index (χ1n) is 10.7. The van der Waals surface area contributed by atoms with Crippen molar-refractivity contribution in [1.29, 1.82) is 0 Å². The normalized spacial score (nSPS) is 23.3. The maximum Gasteiger partial charge on any atom is 0.240 e. The molecule has 2 fully saturated rings. The highest BCUT2D eigenvalue weighted by Gasteiger charge is 2.49. The molecule has 2 saturated heterocycles. The molecule has 0 spiro atoms. The molecule has 1 aromatic heterocycles. The number of benzene rings is 2. The number of halogens is 1. The Labute approximate surface area is 180 Å². The van der Waals surface area contributed by atoms with E-state index in [2.05, 4.69) is 15.0 Å². The third kappa shape index (κ3) is 4.10. The number of aryl methyl sites for hydroxylation is 1. The van der Waals surface area contributed by atoms with Crippen molar-refractivity contribution in [2.75, 3.05) is 19.6 Å². The quantitative estimate of drug-likeness (QED) is 0.633. The molecule has 2 aliphatic heterocycles. The Morgan fingerprint density at radius 2 is 1.97 bits per heavy atom. The minimum atomic E-state index is -0.271. The van der Waals surface area contributed by atoms with Gasteiger partial charge in [-0.15, -0.1) is 0 Å². The van der Waals surface area contributed by atoms with Gasteiger partial charge in [0.05, 0.1) is 19.0 Å². The Bertz CT molecular complexity index is 1070.